The van der Waals surface area contributed by atoms with Crippen LogP contribution in [0.3, 0.4) is 0 Å². The van der Waals surface area contributed by atoms with E-state index in [2.05, 4.69) is 29.1 Å². The molecule has 1 fully saturated rings. The van der Waals surface area contributed by atoms with Crippen molar-refractivity contribution >= 4 is 28.4 Å². The van der Waals surface area contributed by atoms with Crippen molar-refractivity contribution < 1.29 is 14.3 Å². The summed E-state index contributed by atoms with van der Waals surface area (Å²) >= 11 is 0. The topological polar surface area (TPSA) is 112 Å². The highest BCUT2D eigenvalue weighted by Crippen LogP contribution is 2.42. The Morgan fingerprint density at radius 1 is 1.17 bits per heavy atom. The van der Waals surface area contributed by atoms with Gasteiger partial charge in [-0.1, -0.05) is 13.8 Å². The number of ether oxygens (including phenoxy) is 2. The van der Waals surface area contributed by atoms with Gasteiger partial charge in [-0.05, 0) is 76.1 Å². The van der Waals surface area contributed by atoms with Crippen LogP contribution in [-0.2, 0) is 10.3 Å². The van der Waals surface area contributed by atoms with Gasteiger partial charge in [-0.3, -0.25) is 0 Å². The van der Waals surface area contributed by atoms with Crippen LogP contribution in [-0.4, -0.2) is 32.1 Å². The summed E-state index contributed by atoms with van der Waals surface area (Å²) in [7, 11) is 0. The molecule has 3 aromatic heterocycles. The average Bonchev–Trinajstić information content (AvgIpc) is 3.53. The van der Waals surface area contributed by atoms with Gasteiger partial charge in [0.1, 0.15) is 22.8 Å². The Morgan fingerprint density at radius 3 is 2.60 bits per heavy atom. The molecular formula is C27H33N5O3. The van der Waals surface area contributed by atoms with Crippen LogP contribution in [0.5, 0.6) is 5.88 Å². The highest BCUT2D eigenvalue weighted by Gasteiger charge is 2.41. The second kappa shape index (κ2) is 7.88. The molecule has 3 N–H and O–H groups in total. The van der Waals surface area contributed by atoms with Crippen molar-refractivity contribution in [1.82, 2.24) is 15.0 Å². The van der Waals surface area contributed by atoms with E-state index in [1.54, 1.807) is 18.3 Å². The van der Waals surface area contributed by atoms with Gasteiger partial charge in [0.25, 0.3) is 0 Å². The summed E-state index contributed by atoms with van der Waals surface area (Å²) < 4.78 is 11.8. The van der Waals surface area contributed by atoms with E-state index in [1.807, 2.05) is 40.0 Å². The summed E-state index contributed by atoms with van der Waals surface area (Å²) in [5.74, 6) is 1.41. The third-order valence-electron chi connectivity index (χ3n) is 7.59. The molecule has 35 heavy (non-hydrogen) atoms. The number of cyclic esters (lactones) is 1. The number of anilines is 2. The molecule has 8 nitrogen and oxygen atoms in total. The lowest BCUT2D eigenvalue weighted by Crippen LogP contribution is -2.39. The van der Waals surface area contributed by atoms with Gasteiger partial charge in [0.15, 0.2) is 0 Å². The zero-order valence-corrected chi connectivity index (χ0v) is 21.2. The number of hydrogen-bond acceptors (Lipinski definition) is 8. The molecule has 1 aliphatic carbocycles. The number of nitrogens with zero attached hydrogens (tertiary/aromatic N) is 3. The van der Waals surface area contributed by atoms with Gasteiger partial charge in [0, 0.05) is 23.9 Å². The molecule has 0 saturated heterocycles. The molecule has 0 bridgehead atoms. The zero-order valence-electron chi connectivity index (χ0n) is 21.2. The predicted molar refractivity (Wildman–Crippen MR) is 135 cm³/mol. The van der Waals surface area contributed by atoms with Gasteiger partial charge >= 0.3 is 5.97 Å². The minimum absolute atomic E-state index is 0.0508. The highest BCUT2D eigenvalue weighted by molar-refractivity contribution is 5.93. The van der Waals surface area contributed by atoms with Crippen LogP contribution in [0.2, 0.25) is 0 Å². The number of rotatable bonds is 6. The van der Waals surface area contributed by atoms with Crippen molar-refractivity contribution in [2.75, 3.05) is 5.32 Å². The molecule has 8 heteroatoms. The standard InChI is InChI=1S/C27H33N5O3/c1-7-27(6,28)19-14-30-23(34-26(5)10-11-26)18-13-29-21(12-17(18)19)31-20-9-8-16-22(32-20)15(2)25(3,4)35-24(16)33/h8-9,12-15H,7,10-11,28H2,1-6H3,(H,29,31,32)/t15-,27+/m1/s1. The van der Waals surface area contributed by atoms with Crippen LogP contribution in [0.1, 0.15) is 88.3 Å². The summed E-state index contributed by atoms with van der Waals surface area (Å²) in [6, 6.07) is 5.50. The van der Waals surface area contributed by atoms with E-state index in [4.69, 9.17) is 20.2 Å². The second-order valence-electron chi connectivity index (χ2n) is 10.9. The van der Waals surface area contributed by atoms with E-state index in [-0.39, 0.29) is 17.5 Å². The first-order chi connectivity index (χ1) is 16.4. The fraction of sp³-hybridized carbons (Fsp3) is 0.481. The van der Waals surface area contributed by atoms with Crippen LogP contribution in [0.4, 0.5) is 11.6 Å². The number of fused-ring (bicyclic) bond motifs is 2. The molecule has 1 saturated carbocycles. The lowest BCUT2D eigenvalue weighted by Gasteiger charge is -2.36. The lowest BCUT2D eigenvalue weighted by atomic mass is 9.84. The third-order valence-corrected chi connectivity index (χ3v) is 7.59. The summed E-state index contributed by atoms with van der Waals surface area (Å²) in [6.45, 7) is 12.0. The fourth-order valence-electron chi connectivity index (χ4n) is 4.31. The van der Waals surface area contributed by atoms with E-state index in [1.165, 1.54) is 0 Å². The highest BCUT2D eigenvalue weighted by atomic mass is 16.6. The van der Waals surface area contributed by atoms with Gasteiger partial charge in [0.05, 0.1) is 16.6 Å². The number of carbonyl (C=O) groups is 1. The molecule has 5 rings (SSSR count). The van der Waals surface area contributed by atoms with Gasteiger partial charge in [-0.25, -0.2) is 19.7 Å². The van der Waals surface area contributed by atoms with E-state index >= 15 is 0 Å². The Labute approximate surface area is 205 Å². The molecule has 4 heterocycles. The summed E-state index contributed by atoms with van der Waals surface area (Å²) in [4.78, 5) is 26.4. The summed E-state index contributed by atoms with van der Waals surface area (Å²) in [5.41, 5.74) is 7.46. The second-order valence-corrected chi connectivity index (χ2v) is 10.9. The molecule has 0 unspecified atom stereocenters. The zero-order chi connectivity index (χ0) is 25.2. The minimum Gasteiger partial charge on any atom is -0.471 e. The quantitative estimate of drug-likeness (QED) is 0.460. The van der Waals surface area contributed by atoms with E-state index in [9.17, 15) is 4.79 Å². The Hall–Kier alpha value is -3.26. The molecule has 3 aromatic rings. The third kappa shape index (κ3) is 4.20. The van der Waals surface area contributed by atoms with Crippen molar-refractivity contribution in [3.63, 3.8) is 0 Å². The molecule has 0 amide bonds. The summed E-state index contributed by atoms with van der Waals surface area (Å²) in [6.07, 6.45) is 6.39. The fourth-order valence-corrected chi connectivity index (χ4v) is 4.31. The number of nitrogens with one attached hydrogen (secondary N) is 1. The Balaban J connectivity index is 1.55. The van der Waals surface area contributed by atoms with Crippen LogP contribution in [0.25, 0.3) is 10.8 Å². The average molecular weight is 476 g/mol. The summed E-state index contributed by atoms with van der Waals surface area (Å²) in [5, 5.41) is 5.09. The first-order valence-corrected chi connectivity index (χ1v) is 12.2. The van der Waals surface area contributed by atoms with Gasteiger partial charge < -0.3 is 20.5 Å². The molecule has 0 spiro atoms. The first kappa shape index (κ1) is 23.5. The van der Waals surface area contributed by atoms with E-state index in [0.29, 0.717) is 23.1 Å². The van der Waals surface area contributed by atoms with E-state index < -0.39 is 11.1 Å². The van der Waals surface area contributed by atoms with Crippen LogP contribution >= 0.6 is 0 Å². The van der Waals surface area contributed by atoms with Crippen LogP contribution in [0.15, 0.2) is 30.6 Å². The maximum atomic E-state index is 12.4. The lowest BCUT2D eigenvalue weighted by molar-refractivity contribution is -0.0189. The van der Waals surface area contributed by atoms with Crippen LogP contribution < -0.4 is 15.8 Å². The maximum absolute atomic E-state index is 12.4. The first-order valence-electron chi connectivity index (χ1n) is 12.2. The number of aromatic nitrogens is 3. The number of carbonyl (C=O) groups excluding carboxylic acids is 1. The molecular weight excluding hydrogens is 442 g/mol. The number of pyridine rings is 3. The number of hydrogen-bond donors (Lipinski definition) is 2. The van der Waals surface area contributed by atoms with Gasteiger partial charge in [-0.2, -0.15) is 0 Å². The number of esters is 1. The molecule has 2 aliphatic rings. The van der Waals surface area contributed by atoms with Crippen molar-refractivity contribution in [2.24, 2.45) is 5.73 Å². The molecule has 0 aromatic carbocycles. The molecule has 0 radical (unpaired) electrons. The van der Waals surface area contributed by atoms with E-state index in [0.717, 1.165) is 41.3 Å². The Morgan fingerprint density at radius 2 is 1.91 bits per heavy atom. The van der Waals surface area contributed by atoms with Gasteiger partial charge in [0.2, 0.25) is 5.88 Å². The van der Waals surface area contributed by atoms with Crippen LogP contribution in [0, 0.1) is 0 Å². The Kier molecular flexibility index (Phi) is 5.29. The number of nitrogens with two attached hydrogens (primary N) is 1. The maximum Gasteiger partial charge on any atom is 0.340 e. The molecule has 1 aliphatic heterocycles. The van der Waals surface area contributed by atoms with Crippen molar-refractivity contribution in [3.05, 3.63) is 47.4 Å². The minimum atomic E-state index is -0.626. The normalized spacial score (nSPS) is 21.6. The van der Waals surface area contributed by atoms with Crippen molar-refractivity contribution in [3.8, 4) is 5.88 Å². The monoisotopic (exact) mass is 475 g/mol. The SMILES string of the molecule is CC[C@](C)(N)c1cnc(OC2(C)CC2)c2cnc(Nc3ccc4c(n3)[C@@H](C)C(C)(C)OC4=O)cc12. The molecule has 184 valence electrons. The smallest absolute Gasteiger partial charge is 0.340 e. The van der Waals surface area contributed by atoms with Gasteiger partial charge in [-0.15, -0.1) is 0 Å². The Bertz CT molecular complexity index is 1330. The largest absolute Gasteiger partial charge is 0.471 e. The molecule has 2 atom stereocenters. The van der Waals surface area contributed by atoms with Crippen molar-refractivity contribution in [2.45, 2.75) is 83.5 Å². The van der Waals surface area contributed by atoms with Crippen molar-refractivity contribution in [1.29, 1.82) is 0 Å². The predicted octanol–water partition coefficient (Wildman–Crippen LogP) is 5.34.